The third kappa shape index (κ3) is 2.92. The first-order valence-electron chi connectivity index (χ1n) is 5.41. The van der Waals surface area contributed by atoms with E-state index in [1.54, 1.807) is 23.7 Å². The quantitative estimate of drug-likeness (QED) is 0.558. The number of anilines is 2. The van der Waals surface area contributed by atoms with Crippen LogP contribution in [-0.2, 0) is 13.0 Å². The summed E-state index contributed by atoms with van der Waals surface area (Å²) in [5.74, 6) is 6.55. The van der Waals surface area contributed by atoms with Gasteiger partial charge in [0.2, 0.25) is 0 Å². The normalized spacial score (nSPS) is 10.2. The summed E-state index contributed by atoms with van der Waals surface area (Å²) in [4.78, 5) is 9.61. The maximum absolute atomic E-state index is 5.28. The molecule has 0 saturated carbocycles. The van der Waals surface area contributed by atoms with Gasteiger partial charge in [0.15, 0.2) is 5.82 Å². The summed E-state index contributed by atoms with van der Waals surface area (Å²) in [7, 11) is 0. The second kappa shape index (κ2) is 5.60. The van der Waals surface area contributed by atoms with Crippen molar-refractivity contribution in [2.45, 2.75) is 19.9 Å². The molecule has 5 nitrogen and oxygen atoms in total. The Kier molecular flexibility index (Phi) is 3.89. The molecule has 0 unspecified atom stereocenters. The molecular weight excluding hydrogens is 234 g/mol. The van der Waals surface area contributed by atoms with Crippen LogP contribution in [0.15, 0.2) is 23.8 Å². The van der Waals surface area contributed by atoms with Crippen molar-refractivity contribution < 1.29 is 0 Å². The average Bonchev–Trinajstić information content (AvgIpc) is 2.84. The molecule has 0 aliphatic carbocycles. The highest BCUT2D eigenvalue weighted by molar-refractivity contribution is 7.10. The van der Waals surface area contributed by atoms with E-state index in [2.05, 4.69) is 39.1 Å². The van der Waals surface area contributed by atoms with E-state index in [1.807, 2.05) is 0 Å². The summed E-state index contributed by atoms with van der Waals surface area (Å²) in [6, 6.07) is 2.16. The molecule has 0 atom stereocenters. The van der Waals surface area contributed by atoms with Crippen LogP contribution in [-0.4, -0.2) is 9.97 Å². The minimum atomic E-state index is 0.553. The molecule has 17 heavy (non-hydrogen) atoms. The highest BCUT2D eigenvalue weighted by Gasteiger charge is 2.03. The summed E-state index contributed by atoms with van der Waals surface area (Å²) in [5.41, 5.74) is 3.85. The van der Waals surface area contributed by atoms with E-state index in [9.17, 15) is 0 Å². The Morgan fingerprint density at radius 1 is 1.35 bits per heavy atom. The van der Waals surface area contributed by atoms with Crippen molar-refractivity contribution in [3.8, 4) is 0 Å². The van der Waals surface area contributed by atoms with Crippen LogP contribution in [0.1, 0.15) is 17.4 Å². The van der Waals surface area contributed by atoms with E-state index in [1.165, 1.54) is 10.4 Å². The van der Waals surface area contributed by atoms with Gasteiger partial charge in [0.1, 0.15) is 5.82 Å². The molecule has 0 aliphatic rings. The van der Waals surface area contributed by atoms with Crippen molar-refractivity contribution in [1.82, 2.24) is 9.97 Å². The number of thiophene rings is 1. The minimum Gasteiger partial charge on any atom is -0.364 e. The Balaban J connectivity index is 2.02. The number of nitrogens with two attached hydrogens (primary N) is 1. The van der Waals surface area contributed by atoms with Gasteiger partial charge in [-0.05, 0) is 23.4 Å². The zero-order valence-electron chi connectivity index (χ0n) is 9.60. The second-order valence-electron chi connectivity index (χ2n) is 3.51. The first kappa shape index (κ1) is 11.8. The van der Waals surface area contributed by atoms with Gasteiger partial charge in [-0.15, -0.1) is 11.3 Å². The molecule has 0 aliphatic heterocycles. The zero-order valence-corrected chi connectivity index (χ0v) is 10.4. The van der Waals surface area contributed by atoms with E-state index < -0.39 is 0 Å². The molecule has 2 aromatic heterocycles. The van der Waals surface area contributed by atoms with Gasteiger partial charge < -0.3 is 10.7 Å². The van der Waals surface area contributed by atoms with Crippen molar-refractivity contribution in [3.05, 3.63) is 34.3 Å². The maximum Gasteiger partial charge on any atom is 0.160 e. The van der Waals surface area contributed by atoms with Gasteiger partial charge in [0.25, 0.3) is 0 Å². The van der Waals surface area contributed by atoms with Gasteiger partial charge >= 0.3 is 0 Å². The first-order chi connectivity index (χ1) is 8.33. The molecule has 0 bridgehead atoms. The van der Waals surface area contributed by atoms with Crippen LogP contribution in [0.25, 0.3) is 0 Å². The van der Waals surface area contributed by atoms with Gasteiger partial charge in [-0.25, -0.2) is 10.8 Å². The molecule has 0 aromatic carbocycles. The van der Waals surface area contributed by atoms with Crippen LogP contribution < -0.4 is 16.6 Å². The van der Waals surface area contributed by atoms with Crippen molar-refractivity contribution in [2.75, 3.05) is 10.7 Å². The lowest BCUT2D eigenvalue weighted by Gasteiger charge is -2.06. The summed E-state index contributed by atoms with van der Waals surface area (Å²) < 4.78 is 0. The largest absolute Gasteiger partial charge is 0.364 e. The third-order valence-electron chi connectivity index (χ3n) is 2.43. The molecule has 0 fully saturated rings. The number of hydrazine groups is 1. The second-order valence-corrected chi connectivity index (χ2v) is 4.51. The number of nitrogen functional groups attached to an aromatic ring is 1. The van der Waals surface area contributed by atoms with Crippen molar-refractivity contribution >= 4 is 23.0 Å². The average molecular weight is 249 g/mol. The number of hydrogen-bond donors (Lipinski definition) is 3. The van der Waals surface area contributed by atoms with Gasteiger partial charge in [-0.3, -0.25) is 4.98 Å². The highest BCUT2D eigenvalue weighted by Crippen LogP contribution is 2.18. The zero-order chi connectivity index (χ0) is 12.1. The van der Waals surface area contributed by atoms with Crippen molar-refractivity contribution in [3.63, 3.8) is 0 Å². The van der Waals surface area contributed by atoms with Crippen molar-refractivity contribution in [2.24, 2.45) is 5.84 Å². The molecule has 90 valence electrons. The molecule has 6 heteroatoms. The smallest absolute Gasteiger partial charge is 0.160 e. The first-order valence-corrected chi connectivity index (χ1v) is 6.29. The number of nitrogens with zero attached hydrogens (tertiary/aromatic N) is 2. The molecule has 2 rings (SSSR count). The number of nitrogens with one attached hydrogen (secondary N) is 2. The van der Waals surface area contributed by atoms with Crippen molar-refractivity contribution in [1.29, 1.82) is 0 Å². The molecule has 2 aromatic rings. The fourth-order valence-corrected chi connectivity index (χ4v) is 2.44. The van der Waals surface area contributed by atoms with E-state index >= 15 is 0 Å². The van der Waals surface area contributed by atoms with Gasteiger partial charge in [0, 0.05) is 4.88 Å². The fourth-order valence-electron chi connectivity index (χ4n) is 1.53. The van der Waals surface area contributed by atoms with E-state index in [-0.39, 0.29) is 0 Å². The summed E-state index contributed by atoms with van der Waals surface area (Å²) in [5, 5.41) is 5.35. The summed E-state index contributed by atoms with van der Waals surface area (Å²) in [6.45, 7) is 2.92. The summed E-state index contributed by atoms with van der Waals surface area (Å²) in [6.07, 6.45) is 4.31. The number of hydrogen-bond acceptors (Lipinski definition) is 6. The Bertz CT molecular complexity index is 482. The highest BCUT2D eigenvalue weighted by atomic mass is 32.1. The van der Waals surface area contributed by atoms with Gasteiger partial charge in [-0.2, -0.15) is 0 Å². The topological polar surface area (TPSA) is 75.9 Å². The standard InChI is InChI=1S/C11H15N5S/c1-2-8-3-4-17-9(8)5-14-10-6-13-7-11(15-10)16-12/h3-4,6-7H,2,5,12H2,1H3,(H2,14,15,16). The molecular formula is C11H15N5S. The lowest BCUT2D eigenvalue weighted by molar-refractivity contribution is 1.05. The maximum atomic E-state index is 5.28. The Labute approximate surface area is 104 Å². The van der Waals surface area contributed by atoms with Crippen LogP contribution in [0.3, 0.4) is 0 Å². The molecule has 0 amide bonds. The molecule has 0 radical (unpaired) electrons. The van der Waals surface area contributed by atoms with Gasteiger partial charge in [0.05, 0.1) is 18.9 Å². The van der Waals surface area contributed by atoms with Gasteiger partial charge in [-0.1, -0.05) is 6.92 Å². The Morgan fingerprint density at radius 3 is 2.94 bits per heavy atom. The predicted molar refractivity (Wildman–Crippen MR) is 70.9 cm³/mol. The SMILES string of the molecule is CCc1ccsc1CNc1cncc(NN)n1. The van der Waals surface area contributed by atoms with Crippen LogP contribution in [0.5, 0.6) is 0 Å². The molecule has 0 spiro atoms. The van der Waals surface area contributed by atoms with E-state index in [0.717, 1.165) is 18.8 Å². The number of aryl methyl sites for hydroxylation is 1. The van der Waals surface area contributed by atoms with Crippen LogP contribution in [0, 0.1) is 0 Å². The number of rotatable bonds is 5. The lowest BCUT2D eigenvalue weighted by Crippen LogP contribution is -2.10. The number of aromatic nitrogens is 2. The summed E-state index contributed by atoms with van der Waals surface area (Å²) >= 11 is 1.75. The molecule has 2 heterocycles. The fraction of sp³-hybridized carbons (Fsp3) is 0.273. The minimum absolute atomic E-state index is 0.553. The van der Waals surface area contributed by atoms with Crippen LogP contribution >= 0.6 is 11.3 Å². The Hall–Kier alpha value is -1.66. The third-order valence-corrected chi connectivity index (χ3v) is 3.39. The lowest BCUT2D eigenvalue weighted by atomic mass is 10.2. The van der Waals surface area contributed by atoms with Crippen LogP contribution in [0.4, 0.5) is 11.6 Å². The molecule has 4 N–H and O–H groups in total. The predicted octanol–water partition coefficient (Wildman–Crippen LogP) is 2.00. The Morgan fingerprint density at radius 2 is 2.18 bits per heavy atom. The molecule has 0 saturated heterocycles. The van der Waals surface area contributed by atoms with Crippen LogP contribution in [0.2, 0.25) is 0 Å². The van der Waals surface area contributed by atoms with E-state index in [4.69, 9.17) is 5.84 Å². The monoisotopic (exact) mass is 249 g/mol. The van der Waals surface area contributed by atoms with E-state index in [0.29, 0.717) is 5.82 Å².